The molecule has 1 amide bonds. The van der Waals surface area contributed by atoms with Gasteiger partial charge < -0.3 is 10.4 Å². The molecule has 1 aromatic carbocycles. The van der Waals surface area contributed by atoms with Crippen molar-refractivity contribution in [2.75, 3.05) is 20.1 Å². The summed E-state index contributed by atoms with van der Waals surface area (Å²) >= 11 is 0. The first-order chi connectivity index (χ1) is 9.52. The van der Waals surface area contributed by atoms with Crippen LogP contribution in [0.3, 0.4) is 0 Å². The lowest BCUT2D eigenvalue weighted by Gasteiger charge is -2.24. The lowest BCUT2D eigenvalue weighted by Crippen LogP contribution is -2.39. The molecule has 0 saturated carbocycles. The van der Waals surface area contributed by atoms with Crippen LogP contribution in [0.1, 0.15) is 32.3 Å². The Morgan fingerprint density at radius 3 is 2.60 bits per heavy atom. The molecule has 0 aliphatic carbocycles. The predicted octanol–water partition coefficient (Wildman–Crippen LogP) is 2.17. The molecule has 0 fully saturated rings. The second-order valence-corrected chi connectivity index (χ2v) is 5.32. The maximum Gasteiger partial charge on any atom is 0.234 e. The molecule has 1 rings (SSSR count). The third-order valence-electron chi connectivity index (χ3n) is 3.50. The van der Waals surface area contributed by atoms with Gasteiger partial charge in [-0.25, -0.2) is 0 Å². The van der Waals surface area contributed by atoms with E-state index in [1.165, 1.54) is 5.56 Å². The molecule has 20 heavy (non-hydrogen) atoms. The van der Waals surface area contributed by atoms with Crippen LogP contribution >= 0.6 is 0 Å². The molecular weight excluding hydrogens is 252 g/mol. The minimum Gasteiger partial charge on any atom is -0.508 e. The molecular formula is C16H26N2O2. The second kappa shape index (κ2) is 8.59. The van der Waals surface area contributed by atoms with Gasteiger partial charge in [0.2, 0.25) is 5.91 Å². The molecule has 4 nitrogen and oxygen atoms in total. The Bertz CT molecular complexity index is 403. The van der Waals surface area contributed by atoms with Crippen LogP contribution in [0.25, 0.3) is 0 Å². The lowest BCUT2D eigenvalue weighted by molar-refractivity contribution is -0.122. The van der Waals surface area contributed by atoms with Gasteiger partial charge in [0.25, 0.3) is 0 Å². The average molecular weight is 278 g/mol. The number of rotatable bonds is 8. The molecule has 1 unspecified atom stereocenters. The number of benzene rings is 1. The molecule has 4 heteroatoms. The van der Waals surface area contributed by atoms with E-state index in [0.717, 1.165) is 25.8 Å². The van der Waals surface area contributed by atoms with Gasteiger partial charge in [-0.15, -0.1) is 0 Å². The van der Waals surface area contributed by atoms with Crippen molar-refractivity contribution >= 4 is 5.91 Å². The molecule has 1 aromatic rings. The summed E-state index contributed by atoms with van der Waals surface area (Å²) < 4.78 is 0. The molecule has 0 heterocycles. The van der Waals surface area contributed by atoms with Crippen LogP contribution in [-0.2, 0) is 11.2 Å². The molecule has 0 aliphatic rings. The number of phenols is 1. The molecule has 0 aromatic heterocycles. The summed E-state index contributed by atoms with van der Waals surface area (Å²) in [5, 5.41) is 12.1. The first-order valence-corrected chi connectivity index (χ1v) is 7.27. The number of hydrogen-bond acceptors (Lipinski definition) is 3. The number of hydrogen-bond donors (Lipinski definition) is 2. The lowest BCUT2D eigenvalue weighted by atomic mass is 10.1. The molecule has 0 spiro atoms. The summed E-state index contributed by atoms with van der Waals surface area (Å²) in [4.78, 5) is 13.7. The Hall–Kier alpha value is -1.55. The van der Waals surface area contributed by atoms with Crippen molar-refractivity contribution < 1.29 is 9.90 Å². The van der Waals surface area contributed by atoms with E-state index >= 15 is 0 Å². The monoisotopic (exact) mass is 278 g/mol. The molecule has 1 atom stereocenters. The van der Waals surface area contributed by atoms with Crippen LogP contribution in [0.4, 0.5) is 0 Å². The average Bonchev–Trinajstić information content (AvgIpc) is 2.44. The molecule has 0 bridgehead atoms. The molecule has 2 N–H and O–H groups in total. The van der Waals surface area contributed by atoms with Gasteiger partial charge in [0.15, 0.2) is 0 Å². The van der Waals surface area contributed by atoms with Gasteiger partial charge in [-0.2, -0.15) is 0 Å². The van der Waals surface area contributed by atoms with Gasteiger partial charge >= 0.3 is 0 Å². The first kappa shape index (κ1) is 16.5. The number of carbonyl (C=O) groups is 1. The van der Waals surface area contributed by atoms with E-state index in [4.69, 9.17) is 0 Å². The quantitative estimate of drug-likeness (QED) is 0.766. The van der Waals surface area contributed by atoms with Crippen molar-refractivity contribution in [1.82, 2.24) is 10.2 Å². The number of carbonyl (C=O) groups excluding carboxylic acids is 1. The first-order valence-electron chi connectivity index (χ1n) is 7.27. The van der Waals surface area contributed by atoms with Crippen molar-refractivity contribution in [3.63, 3.8) is 0 Å². The second-order valence-electron chi connectivity index (χ2n) is 5.32. The van der Waals surface area contributed by atoms with Gasteiger partial charge in [0.1, 0.15) is 5.75 Å². The van der Waals surface area contributed by atoms with E-state index in [2.05, 4.69) is 17.1 Å². The van der Waals surface area contributed by atoms with E-state index in [0.29, 0.717) is 18.3 Å². The summed E-state index contributed by atoms with van der Waals surface area (Å²) in [7, 11) is 1.98. The summed E-state index contributed by atoms with van der Waals surface area (Å²) in [5.74, 6) is 0.386. The highest BCUT2D eigenvalue weighted by molar-refractivity contribution is 5.77. The third kappa shape index (κ3) is 6.06. The fourth-order valence-electron chi connectivity index (χ4n) is 1.96. The standard InChI is InChI=1S/C16H26N2O2/c1-4-11-17-16(20)12-18(3)13(2)5-6-14-7-9-15(19)10-8-14/h7-10,13,19H,4-6,11-12H2,1-3H3,(H,17,20). The van der Waals surface area contributed by atoms with Crippen molar-refractivity contribution in [2.45, 2.75) is 39.2 Å². The number of aromatic hydroxyl groups is 1. The number of nitrogens with zero attached hydrogens (tertiary/aromatic N) is 1. The Balaban J connectivity index is 2.32. The van der Waals surface area contributed by atoms with Gasteiger partial charge in [-0.3, -0.25) is 9.69 Å². The highest BCUT2D eigenvalue weighted by Gasteiger charge is 2.12. The van der Waals surface area contributed by atoms with Crippen molar-refractivity contribution in [2.24, 2.45) is 0 Å². The fourth-order valence-corrected chi connectivity index (χ4v) is 1.96. The predicted molar refractivity (Wildman–Crippen MR) is 81.8 cm³/mol. The van der Waals surface area contributed by atoms with Crippen molar-refractivity contribution in [3.05, 3.63) is 29.8 Å². The van der Waals surface area contributed by atoms with Crippen LogP contribution in [-0.4, -0.2) is 42.1 Å². The zero-order valence-corrected chi connectivity index (χ0v) is 12.7. The normalized spacial score (nSPS) is 12.4. The van der Waals surface area contributed by atoms with Gasteiger partial charge in [0, 0.05) is 12.6 Å². The van der Waals surface area contributed by atoms with Gasteiger partial charge in [-0.05, 0) is 50.9 Å². The number of phenolic OH excluding ortho intramolecular Hbond substituents is 1. The number of nitrogens with one attached hydrogen (secondary N) is 1. The number of amides is 1. The third-order valence-corrected chi connectivity index (χ3v) is 3.50. The van der Waals surface area contributed by atoms with Gasteiger partial charge in [0.05, 0.1) is 6.54 Å². The van der Waals surface area contributed by atoms with Crippen LogP contribution in [0.5, 0.6) is 5.75 Å². The van der Waals surface area contributed by atoms with Crippen molar-refractivity contribution in [1.29, 1.82) is 0 Å². The minimum absolute atomic E-state index is 0.0887. The fraction of sp³-hybridized carbons (Fsp3) is 0.562. The molecule has 0 radical (unpaired) electrons. The molecule has 112 valence electrons. The number of likely N-dealkylation sites (N-methyl/N-ethyl adjacent to an activating group) is 1. The zero-order chi connectivity index (χ0) is 15.0. The Morgan fingerprint density at radius 2 is 2.00 bits per heavy atom. The SMILES string of the molecule is CCCNC(=O)CN(C)C(C)CCc1ccc(O)cc1. The van der Waals surface area contributed by atoms with E-state index in [1.54, 1.807) is 12.1 Å². The van der Waals surface area contributed by atoms with E-state index in [9.17, 15) is 9.90 Å². The van der Waals surface area contributed by atoms with Crippen LogP contribution in [0, 0.1) is 0 Å². The maximum absolute atomic E-state index is 11.6. The maximum atomic E-state index is 11.6. The van der Waals surface area contributed by atoms with Gasteiger partial charge in [-0.1, -0.05) is 19.1 Å². The highest BCUT2D eigenvalue weighted by Crippen LogP contribution is 2.13. The van der Waals surface area contributed by atoms with Crippen LogP contribution < -0.4 is 5.32 Å². The van der Waals surface area contributed by atoms with E-state index in [-0.39, 0.29) is 5.91 Å². The molecule has 0 aliphatic heterocycles. The topological polar surface area (TPSA) is 52.6 Å². The van der Waals surface area contributed by atoms with Crippen LogP contribution in [0.15, 0.2) is 24.3 Å². The summed E-state index contributed by atoms with van der Waals surface area (Å²) in [6.07, 6.45) is 2.90. The minimum atomic E-state index is 0.0887. The van der Waals surface area contributed by atoms with Crippen molar-refractivity contribution in [3.8, 4) is 5.75 Å². The Kier molecular flexibility index (Phi) is 7.09. The van der Waals surface area contributed by atoms with Crippen LogP contribution in [0.2, 0.25) is 0 Å². The largest absolute Gasteiger partial charge is 0.508 e. The molecule has 0 saturated heterocycles. The van der Waals surface area contributed by atoms with E-state index in [1.807, 2.05) is 26.1 Å². The smallest absolute Gasteiger partial charge is 0.234 e. The Labute approximate surface area is 121 Å². The highest BCUT2D eigenvalue weighted by atomic mass is 16.3. The summed E-state index contributed by atoms with van der Waals surface area (Å²) in [5.41, 5.74) is 1.21. The number of aryl methyl sites for hydroxylation is 1. The van der Waals surface area contributed by atoms with E-state index < -0.39 is 0 Å². The summed E-state index contributed by atoms with van der Waals surface area (Å²) in [6, 6.07) is 7.65. The summed E-state index contributed by atoms with van der Waals surface area (Å²) in [6.45, 7) is 5.36. The Morgan fingerprint density at radius 1 is 1.35 bits per heavy atom. The zero-order valence-electron chi connectivity index (χ0n) is 12.7.